The Hall–Kier alpha value is -1.88. The first kappa shape index (κ1) is 11.9. The van der Waals surface area contributed by atoms with E-state index in [2.05, 4.69) is 15.6 Å². The van der Waals surface area contributed by atoms with Crippen molar-refractivity contribution in [2.45, 2.75) is 37.6 Å². The SMILES string of the molecule is O=C(Nc1ccc2oc(C3CC3)nc2c1)[C@H]1CCCN1. The molecule has 1 atom stereocenters. The molecule has 20 heavy (non-hydrogen) atoms. The van der Waals surface area contributed by atoms with E-state index in [1.165, 1.54) is 12.8 Å². The third kappa shape index (κ3) is 2.18. The van der Waals surface area contributed by atoms with Crippen LogP contribution in [0.15, 0.2) is 22.6 Å². The lowest BCUT2D eigenvalue weighted by Crippen LogP contribution is -2.35. The second kappa shape index (κ2) is 4.59. The molecule has 104 valence electrons. The summed E-state index contributed by atoms with van der Waals surface area (Å²) in [4.78, 5) is 16.6. The Morgan fingerprint density at radius 2 is 2.25 bits per heavy atom. The molecule has 5 heteroatoms. The summed E-state index contributed by atoms with van der Waals surface area (Å²) in [6.45, 7) is 0.922. The van der Waals surface area contributed by atoms with Crippen LogP contribution < -0.4 is 10.6 Å². The Bertz CT molecular complexity index is 654. The van der Waals surface area contributed by atoms with Crippen molar-refractivity contribution in [2.75, 3.05) is 11.9 Å². The van der Waals surface area contributed by atoms with Gasteiger partial charge in [0, 0.05) is 11.6 Å². The molecule has 0 unspecified atom stereocenters. The number of aromatic nitrogens is 1. The fourth-order valence-electron chi connectivity index (χ4n) is 2.67. The lowest BCUT2D eigenvalue weighted by Gasteiger charge is -2.10. The Kier molecular flexibility index (Phi) is 2.73. The van der Waals surface area contributed by atoms with Crippen LogP contribution in [0.5, 0.6) is 0 Å². The van der Waals surface area contributed by atoms with Crippen LogP contribution in [0.1, 0.15) is 37.5 Å². The van der Waals surface area contributed by atoms with E-state index in [9.17, 15) is 4.79 Å². The van der Waals surface area contributed by atoms with Crippen molar-refractivity contribution in [2.24, 2.45) is 0 Å². The molecule has 1 saturated carbocycles. The van der Waals surface area contributed by atoms with Crippen LogP contribution in [0.25, 0.3) is 11.1 Å². The maximum absolute atomic E-state index is 12.1. The minimum atomic E-state index is -0.0648. The van der Waals surface area contributed by atoms with Gasteiger partial charge in [0.25, 0.3) is 0 Å². The van der Waals surface area contributed by atoms with Crippen LogP contribution in [0.4, 0.5) is 5.69 Å². The molecule has 2 heterocycles. The molecule has 1 aliphatic heterocycles. The van der Waals surface area contributed by atoms with Gasteiger partial charge < -0.3 is 15.1 Å². The highest BCUT2D eigenvalue weighted by Crippen LogP contribution is 2.40. The van der Waals surface area contributed by atoms with E-state index in [0.717, 1.165) is 42.1 Å². The zero-order valence-electron chi connectivity index (χ0n) is 11.2. The zero-order chi connectivity index (χ0) is 13.5. The Labute approximate surface area is 116 Å². The van der Waals surface area contributed by atoms with E-state index in [-0.39, 0.29) is 11.9 Å². The van der Waals surface area contributed by atoms with Crippen LogP contribution in [0, 0.1) is 0 Å². The van der Waals surface area contributed by atoms with E-state index in [1.54, 1.807) is 0 Å². The molecule has 1 amide bonds. The molecular formula is C15H17N3O2. The summed E-state index contributed by atoms with van der Waals surface area (Å²) >= 11 is 0. The molecule has 0 spiro atoms. The fourth-order valence-corrected chi connectivity index (χ4v) is 2.67. The molecule has 1 aromatic carbocycles. The van der Waals surface area contributed by atoms with Gasteiger partial charge in [-0.3, -0.25) is 4.79 Å². The van der Waals surface area contributed by atoms with Crippen molar-refractivity contribution in [1.82, 2.24) is 10.3 Å². The van der Waals surface area contributed by atoms with Gasteiger partial charge in [-0.2, -0.15) is 0 Å². The van der Waals surface area contributed by atoms with Crippen molar-refractivity contribution in [1.29, 1.82) is 0 Å². The van der Waals surface area contributed by atoms with E-state index >= 15 is 0 Å². The highest BCUT2D eigenvalue weighted by molar-refractivity contribution is 5.96. The maximum atomic E-state index is 12.1. The number of carbonyl (C=O) groups excluding carboxylic acids is 1. The van der Waals surface area contributed by atoms with Gasteiger partial charge in [-0.25, -0.2) is 4.98 Å². The standard InChI is InChI=1S/C15H17N3O2/c19-14(11-2-1-7-16-11)17-10-5-6-13-12(8-10)18-15(20-13)9-3-4-9/h5-6,8-9,11,16H,1-4,7H2,(H,17,19)/t11-/m1/s1. The Morgan fingerprint density at radius 3 is 3.00 bits per heavy atom. The molecule has 1 aromatic heterocycles. The maximum Gasteiger partial charge on any atom is 0.241 e. The summed E-state index contributed by atoms with van der Waals surface area (Å²) < 4.78 is 5.72. The zero-order valence-corrected chi connectivity index (χ0v) is 11.2. The molecule has 4 rings (SSSR count). The number of benzene rings is 1. The number of nitrogens with one attached hydrogen (secondary N) is 2. The molecule has 2 aromatic rings. The van der Waals surface area contributed by atoms with Gasteiger partial charge in [0.05, 0.1) is 6.04 Å². The van der Waals surface area contributed by atoms with E-state index in [4.69, 9.17) is 4.42 Å². The van der Waals surface area contributed by atoms with E-state index in [1.807, 2.05) is 18.2 Å². The molecule has 5 nitrogen and oxygen atoms in total. The van der Waals surface area contributed by atoms with Crippen LogP contribution in [0.2, 0.25) is 0 Å². The Balaban J connectivity index is 1.55. The number of oxazole rings is 1. The minimum Gasteiger partial charge on any atom is -0.440 e. The van der Waals surface area contributed by atoms with E-state index in [0.29, 0.717) is 5.92 Å². The summed E-state index contributed by atoms with van der Waals surface area (Å²) in [5.41, 5.74) is 2.40. The van der Waals surface area contributed by atoms with Gasteiger partial charge in [0.2, 0.25) is 5.91 Å². The van der Waals surface area contributed by atoms with Gasteiger partial charge in [-0.15, -0.1) is 0 Å². The van der Waals surface area contributed by atoms with Gasteiger partial charge in [0.15, 0.2) is 11.5 Å². The first-order valence-corrected chi connectivity index (χ1v) is 7.24. The number of hydrogen-bond acceptors (Lipinski definition) is 4. The quantitative estimate of drug-likeness (QED) is 0.899. The first-order valence-electron chi connectivity index (χ1n) is 7.24. The second-order valence-corrected chi connectivity index (χ2v) is 5.65. The summed E-state index contributed by atoms with van der Waals surface area (Å²) in [5, 5.41) is 6.14. The minimum absolute atomic E-state index is 0.0350. The highest BCUT2D eigenvalue weighted by Gasteiger charge is 2.29. The first-order chi connectivity index (χ1) is 9.79. The van der Waals surface area contributed by atoms with Crippen molar-refractivity contribution >= 4 is 22.7 Å². The van der Waals surface area contributed by atoms with Gasteiger partial charge >= 0.3 is 0 Å². The summed E-state index contributed by atoms with van der Waals surface area (Å²) in [7, 11) is 0. The number of amides is 1. The van der Waals surface area contributed by atoms with Crippen molar-refractivity contribution in [3.8, 4) is 0 Å². The van der Waals surface area contributed by atoms with Crippen LogP contribution in [-0.2, 0) is 4.79 Å². The third-order valence-corrected chi connectivity index (χ3v) is 3.98. The number of hydrogen-bond donors (Lipinski definition) is 2. The smallest absolute Gasteiger partial charge is 0.241 e. The monoisotopic (exact) mass is 271 g/mol. The highest BCUT2D eigenvalue weighted by atomic mass is 16.3. The van der Waals surface area contributed by atoms with Crippen molar-refractivity contribution in [3.05, 3.63) is 24.1 Å². The molecular weight excluding hydrogens is 254 g/mol. The second-order valence-electron chi connectivity index (χ2n) is 5.65. The number of carbonyl (C=O) groups is 1. The van der Waals surface area contributed by atoms with Gasteiger partial charge in [0.1, 0.15) is 5.52 Å². The average molecular weight is 271 g/mol. The number of anilines is 1. The number of rotatable bonds is 3. The molecule has 1 saturated heterocycles. The molecule has 2 aliphatic rings. The van der Waals surface area contributed by atoms with Crippen LogP contribution in [0.3, 0.4) is 0 Å². The summed E-state index contributed by atoms with van der Waals surface area (Å²) in [6, 6.07) is 5.57. The van der Waals surface area contributed by atoms with Crippen molar-refractivity contribution < 1.29 is 9.21 Å². The normalized spacial score (nSPS) is 22.3. The summed E-state index contributed by atoms with van der Waals surface area (Å²) in [6.07, 6.45) is 4.31. The summed E-state index contributed by atoms with van der Waals surface area (Å²) in [5.74, 6) is 1.37. The molecule has 2 fully saturated rings. The van der Waals surface area contributed by atoms with Crippen LogP contribution >= 0.6 is 0 Å². The average Bonchev–Trinajstić information content (AvgIpc) is 3.00. The van der Waals surface area contributed by atoms with Crippen molar-refractivity contribution in [3.63, 3.8) is 0 Å². The predicted octanol–water partition coefficient (Wildman–Crippen LogP) is 2.40. The largest absolute Gasteiger partial charge is 0.440 e. The number of nitrogens with zero attached hydrogens (tertiary/aromatic N) is 1. The Morgan fingerprint density at radius 1 is 1.35 bits per heavy atom. The van der Waals surface area contributed by atoms with Gasteiger partial charge in [-0.05, 0) is 50.4 Å². The molecule has 2 N–H and O–H groups in total. The molecule has 1 aliphatic carbocycles. The lowest BCUT2D eigenvalue weighted by molar-refractivity contribution is -0.117. The lowest BCUT2D eigenvalue weighted by atomic mass is 10.2. The molecule has 0 bridgehead atoms. The predicted molar refractivity (Wildman–Crippen MR) is 75.6 cm³/mol. The fraction of sp³-hybridized carbons (Fsp3) is 0.467. The van der Waals surface area contributed by atoms with Gasteiger partial charge in [-0.1, -0.05) is 0 Å². The van der Waals surface area contributed by atoms with E-state index < -0.39 is 0 Å². The number of fused-ring (bicyclic) bond motifs is 1. The topological polar surface area (TPSA) is 67.2 Å². The third-order valence-electron chi connectivity index (χ3n) is 3.98. The van der Waals surface area contributed by atoms with Crippen LogP contribution in [-0.4, -0.2) is 23.5 Å². The molecule has 0 radical (unpaired) electrons.